The largest absolute Gasteiger partial charge is 0.354 e. The molecule has 1 aliphatic rings. The Kier molecular flexibility index (Phi) is 2.67. The van der Waals surface area contributed by atoms with Crippen molar-refractivity contribution in [3.8, 4) is 0 Å². The van der Waals surface area contributed by atoms with E-state index in [-0.39, 0.29) is 5.38 Å². The van der Waals surface area contributed by atoms with E-state index in [9.17, 15) is 0 Å². The first-order valence-electron chi connectivity index (χ1n) is 5.93. The Balaban J connectivity index is 1.96. The van der Waals surface area contributed by atoms with E-state index < -0.39 is 0 Å². The van der Waals surface area contributed by atoms with Gasteiger partial charge in [-0.15, -0.1) is 11.6 Å². The van der Waals surface area contributed by atoms with Gasteiger partial charge in [-0.2, -0.15) is 5.10 Å². The van der Waals surface area contributed by atoms with Crippen LogP contribution in [-0.2, 0) is 0 Å². The fourth-order valence-corrected chi connectivity index (χ4v) is 2.57. The van der Waals surface area contributed by atoms with Crippen LogP contribution in [0.1, 0.15) is 13.3 Å². The molecular weight excluding hydrogens is 236 g/mol. The van der Waals surface area contributed by atoms with E-state index in [1.165, 1.54) is 0 Å². The second kappa shape index (κ2) is 4.18. The molecule has 0 N–H and O–H groups in total. The smallest absolute Gasteiger partial charge is 0.154 e. The maximum Gasteiger partial charge on any atom is 0.154 e. The maximum absolute atomic E-state index is 6.25. The summed E-state index contributed by atoms with van der Waals surface area (Å²) in [5.74, 6) is 1.51. The molecule has 1 aliphatic heterocycles. The normalized spacial score (nSPS) is 25.4. The molecule has 2 aromatic heterocycles. The molecule has 17 heavy (non-hydrogen) atoms. The van der Waals surface area contributed by atoms with Gasteiger partial charge in [0.2, 0.25) is 0 Å². The summed E-state index contributed by atoms with van der Waals surface area (Å²) >= 11 is 6.25. The van der Waals surface area contributed by atoms with E-state index in [0.29, 0.717) is 5.92 Å². The highest BCUT2D eigenvalue weighted by molar-refractivity contribution is 6.20. The number of halogens is 1. The standard InChI is InChI=1S/C12H15ClN4/c1-9-8-16(6-3-10(9)13)12-11-2-4-15-17(11)7-5-14-12/h2,4-5,7,9-10H,3,6,8H2,1H3. The third kappa shape index (κ3) is 1.86. The molecule has 1 saturated heterocycles. The second-order valence-corrected chi connectivity index (χ2v) is 5.20. The predicted molar refractivity (Wildman–Crippen MR) is 68.6 cm³/mol. The van der Waals surface area contributed by atoms with Gasteiger partial charge < -0.3 is 4.90 Å². The molecule has 0 saturated carbocycles. The molecule has 1 fully saturated rings. The summed E-state index contributed by atoms with van der Waals surface area (Å²) < 4.78 is 1.86. The van der Waals surface area contributed by atoms with E-state index in [2.05, 4.69) is 21.9 Å². The summed E-state index contributed by atoms with van der Waals surface area (Å²) in [6, 6.07) is 2.00. The third-order valence-corrected chi connectivity index (χ3v) is 4.05. The maximum atomic E-state index is 6.25. The minimum absolute atomic E-state index is 0.288. The van der Waals surface area contributed by atoms with Gasteiger partial charge >= 0.3 is 0 Å². The van der Waals surface area contributed by atoms with Crippen molar-refractivity contribution in [2.75, 3.05) is 18.0 Å². The predicted octanol–water partition coefficient (Wildman–Crippen LogP) is 2.18. The van der Waals surface area contributed by atoms with Crippen LogP contribution in [0.3, 0.4) is 0 Å². The molecule has 0 aromatic carbocycles. The van der Waals surface area contributed by atoms with Gasteiger partial charge in [-0.05, 0) is 18.4 Å². The summed E-state index contributed by atoms with van der Waals surface area (Å²) in [6.07, 6.45) is 6.49. The van der Waals surface area contributed by atoms with E-state index in [1.54, 1.807) is 12.4 Å². The van der Waals surface area contributed by atoms with Crippen LogP contribution in [0.25, 0.3) is 5.52 Å². The molecule has 2 unspecified atom stereocenters. The monoisotopic (exact) mass is 250 g/mol. The zero-order chi connectivity index (χ0) is 11.8. The molecule has 3 rings (SSSR count). The molecule has 90 valence electrons. The van der Waals surface area contributed by atoms with Crippen molar-refractivity contribution in [2.45, 2.75) is 18.7 Å². The minimum Gasteiger partial charge on any atom is -0.354 e. The third-order valence-electron chi connectivity index (χ3n) is 3.40. The Bertz CT molecular complexity index is 524. The Morgan fingerprint density at radius 3 is 3.12 bits per heavy atom. The number of piperidine rings is 1. The van der Waals surface area contributed by atoms with Crippen molar-refractivity contribution in [3.05, 3.63) is 24.7 Å². The fourth-order valence-electron chi connectivity index (χ4n) is 2.40. The SMILES string of the molecule is CC1CN(c2nccn3nccc23)CCC1Cl. The average molecular weight is 251 g/mol. The van der Waals surface area contributed by atoms with Gasteiger partial charge in [-0.25, -0.2) is 9.50 Å². The van der Waals surface area contributed by atoms with E-state index in [0.717, 1.165) is 30.8 Å². The summed E-state index contributed by atoms with van der Waals surface area (Å²) in [5.41, 5.74) is 1.06. The second-order valence-electron chi connectivity index (χ2n) is 4.64. The van der Waals surface area contributed by atoms with Crippen LogP contribution < -0.4 is 4.90 Å². The van der Waals surface area contributed by atoms with Gasteiger partial charge in [-0.3, -0.25) is 0 Å². The van der Waals surface area contributed by atoms with Crippen molar-refractivity contribution < 1.29 is 0 Å². The molecule has 2 aromatic rings. The van der Waals surface area contributed by atoms with Crippen LogP contribution in [0.2, 0.25) is 0 Å². The number of hydrogen-bond acceptors (Lipinski definition) is 3. The van der Waals surface area contributed by atoms with E-state index in [1.807, 2.05) is 16.8 Å². The first-order chi connectivity index (χ1) is 8.25. The molecule has 0 amide bonds. The highest BCUT2D eigenvalue weighted by atomic mass is 35.5. The van der Waals surface area contributed by atoms with Crippen molar-refractivity contribution in [1.82, 2.24) is 14.6 Å². The molecule has 0 spiro atoms. The van der Waals surface area contributed by atoms with Crippen molar-refractivity contribution in [3.63, 3.8) is 0 Å². The van der Waals surface area contributed by atoms with Gasteiger partial charge in [-0.1, -0.05) is 6.92 Å². The number of alkyl halides is 1. The topological polar surface area (TPSA) is 33.4 Å². The van der Waals surface area contributed by atoms with E-state index in [4.69, 9.17) is 11.6 Å². The number of rotatable bonds is 1. The van der Waals surface area contributed by atoms with Gasteiger partial charge in [0.1, 0.15) is 5.52 Å². The molecule has 5 heteroatoms. The average Bonchev–Trinajstić information content (AvgIpc) is 2.80. The lowest BCUT2D eigenvalue weighted by Crippen LogP contribution is -2.40. The number of hydrogen-bond donors (Lipinski definition) is 0. The molecule has 3 heterocycles. The quantitative estimate of drug-likeness (QED) is 0.728. The highest BCUT2D eigenvalue weighted by Crippen LogP contribution is 2.27. The van der Waals surface area contributed by atoms with Crippen molar-refractivity contribution >= 4 is 22.9 Å². The number of fused-ring (bicyclic) bond motifs is 1. The molecule has 0 aliphatic carbocycles. The Hall–Kier alpha value is -1.29. The summed E-state index contributed by atoms with van der Waals surface area (Å²) in [7, 11) is 0. The first-order valence-corrected chi connectivity index (χ1v) is 6.37. The van der Waals surface area contributed by atoms with Crippen LogP contribution in [0.5, 0.6) is 0 Å². The number of nitrogens with zero attached hydrogens (tertiary/aromatic N) is 4. The summed E-state index contributed by atoms with van der Waals surface area (Å²) in [5, 5.41) is 4.52. The lowest BCUT2D eigenvalue weighted by atomic mass is 9.99. The number of aromatic nitrogens is 3. The van der Waals surface area contributed by atoms with Crippen LogP contribution in [0.4, 0.5) is 5.82 Å². The fraction of sp³-hybridized carbons (Fsp3) is 0.500. The molecular formula is C12H15ClN4. The lowest BCUT2D eigenvalue weighted by Gasteiger charge is -2.35. The van der Waals surface area contributed by atoms with Gasteiger partial charge in [0.25, 0.3) is 0 Å². The molecule has 4 nitrogen and oxygen atoms in total. The van der Waals surface area contributed by atoms with Gasteiger partial charge in [0.05, 0.1) is 6.20 Å². The molecule has 0 bridgehead atoms. The van der Waals surface area contributed by atoms with Gasteiger partial charge in [0, 0.05) is 30.9 Å². The summed E-state index contributed by atoms with van der Waals surface area (Å²) in [4.78, 5) is 6.79. The zero-order valence-corrected chi connectivity index (χ0v) is 10.5. The Morgan fingerprint density at radius 2 is 2.29 bits per heavy atom. The highest BCUT2D eigenvalue weighted by Gasteiger charge is 2.26. The van der Waals surface area contributed by atoms with Crippen LogP contribution in [0.15, 0.2) is 24.7 Å². The van der Waals surface area contributed by atoms with E-state index >= 15 is 0 Å². The van der Waals surface area contributed by atoms with Crippen LogP contribution in [-0.4, -0.2) is 33.1 Å². The molecule has 0 radical (unpaired) electrons. The molecule has 2 atom stereocenters. The Morgan fingerprint density at radius 1 is 1.41 bits per heavy atom. The lowest BCUT2D eigenvalue weighted by molar-refractivity contribution is 0.452. The Labute approximate surface area is 105 Å². The first kappa shape index (κ1) is 10.8. The zero-order valence-electron chi connectivity index (χ0n) is 9.75. The van der Waals surface area contributed by atoms with Gasteiger partial charge in [0.15, 0.2) is 5.82 Å². The van der Waals surface area contributed by atoms with Crippen molar-refractivity contribution in [1.29, 1.82) is 0 Å². The number of anilines is 1. The van der Waals surface area contributed by atoms with Crippen molar-refractivity contribution in [2.24, 2.45) is 5.92 Å². The van der Waals surface area contributed by atoms with Crippen LogP contribution in [0, 0.1) is 5.92 Å². The minimum atomic E-state index is 0.288. The van der Waals surface area contributed by atoms with Crippen LogP contribution >= 0.6 is 11.6 Å². The summed E-state index contributed by atoms with van der Waals surface area (Å²) in [6.45, 7) is 4.13.